The van der Waals surface area contributed by atoms with Gasteiger partial charge in [-0.2, -0.15) is 0 Å². The predicted molar refractivity (Wildman–Crippen MR) is 60.8 cm³/mol. The zero-order valence-corrected chi connectivity index (χ0v) is 28.3. The molecule has 0 aliphatic carbocycles. The normalized spacial score (nSPS) is 5.42. The molecule has 0 aromatic heterocycles. The van der Waals surface area contributed by atoms with Gasteiger partial charge in [-0.1, -0.05) is 0 Å². The molecule has 0 radical (unpaired) electrons. The molecule has 0 aliphatic rings. The van der Waals surface area contributed by atoms with Crippen molar-refractivity contribution in [2.75, 3.05) is 13.1 Å². The van der Waals surface area contributed by atoms with Gasteiger partial charge >= 0.3 is 206 Å². The van der Waals surface area contributed by atoms with Crippen LogP contribution >= 0.6 is 0 Å². The zero-order chi connectivity index (χ0) is 17.7. The third-order valence-corrected chi connectivity index (χ3v) is 0.167. The first-order valence-electron chi connectivity index (χ1n) is 4.95. The van der Waals surface area contributed by atoms with Gasteiger partial charge in [0.05, 0.1) is 0 Å². The van der Waals surface area contributed by atoms with Crippen LogP contribution in [0.3, 0.4) is 0 Å². The number of carbonyl (C=O) groups excluding carboxylic acids is 4. The third-order valence-electron chi connectivity index (χ3n) is 0.167. The van der Waals surface area contributed by atoms with Crippen LogP contribution in [0.1, 0.15) is 27.7 Å². The van der Waals surface area contributed by atoms with Crippen molar-refractivity contribution in [2.45, 2.75) is 27.7 Å². The predicted octanol–water partition coefficient (Wildman–Crippen LogP) is -18.1. The maximum atomic E-state index is 8.89. The van der Waals surface area contributed by atoms with Crippen LogP contribution in [0.5, 0.6) is 0 Å². The molecule has 0 amide bonds. The molecule has 0 rings (SSSR count). The minimum atomic E-state index is -1.08. The number of carboxylic acid groups (broad SMARTS) is 4. The smallest absolute Gasteiger partial charge is 0.550 e. The van der Waals surface area contributed by atoms with Gasteiger partial charge < -0.3 is 51.1 Å². The Morgan fingerprint density at radius 2 is 0.583 bits per heavy atom. The first-order chi connectivity index (χ1) is 8.84. The molecule has 0 unspecified atom stereocenters. The van der Waals surface area contributed by atoms with Gasteiger partial charge in [-0.3, -0.25) is 0 Å². The summed E-state index contributed by atoms with van der Waals surface area (Å²) in [6, 6.07) is 0. The van der Waals surface area contributed by atoms with E-state index in [-0.39, 0.29) is 206 Å². The molecule has 10 nitrogen and oxygen atoms in total. The Bertz CT molecular complexity index is 205. The van der Waals surface area contributed by atoms with Crippen LogP contribution < -0.4 is 237 Å². The molecular weight excluding hydrogens is 433 g/mol. The number of carboxylic acids is 4. The molecule has 122 valence electrons. The molecule has 0 aromatic carbocycles. The second-order valence-electron chi connectivity index (χ2n) is 2.54. The van der Waals surface area contributed by atoms with Gasteiger partial charge in [-0.05, 0) is 27.7 Å². The number of hydrogen-bond acceptors (Lipinski definition) is 10. The van der Waals surface area contributed by atoms with Crippen molar-refractivity contribution in [1.29, 1.82) is 0 Å². The molecule has 14 heteroatoms. The molecule has 0 bridgehead atoms. The number of nitrogens with two attached hydrogens (primary N) is 2. The van der Waals surface area contributed by atoms with E-state index in [2.05, 4.69) is 0 Å². The minimum Gasteiger partial charge on any atom is -0.550 e. The van der Waals surface area contributed by atoms with Crippen molar-refractivity contribution >= 4 is 23.9 Å². The van der Waals surface area contributed by atoms with Crippen LogP contribution in [0.2, 0.25) is 0 Å². The van der Waals surface area contributed by atoms with Crippen LogP contribution in [0, 0.1) is 0 Å². The maximum absolute atomic E-state index is 8.89. The van der Waals surface area contributed by atoms with E-state index in [0.717, 1.165) is 27.7 Å². The number of rotatable bonds is 1. The van der Waals surface area contributed by atoms with Crippen LogP contribution in [0.15, 0.2) is 0 Å². The molecule has 0 aliphatic heterocycles. The van der Waals surface area contributed by atoms with E-state index in [1.165, 1.54) is 0 Å². The van der Waals surface area contributed by atoms with Gasteiger partial charge in [-0.25, -0.2) is 0 Å². The summed E-state index contributed by atoms with van der Waals surface area (Å²) in [5.41, 5.74) is 9.81. The summed E-state index contributed by atoms with van der Waals surface area (Å²) in [4.78, 5) is 35.6. The molecule has 0 atom stereocenters. The average molecular weight is 453 g/mol. The zero-order valence-electron chi connectivity index (χ0n) is 15.8. The first kappa shape index (κ1) is 56.6. The summed E-state index contributed by atoms with van der Waals surface area (Å²) in [6.45, 7) is 5.08. The van der Waals surface area contributed by atoms with Gasteiger partial charge in [0.25, 0.3) is 0 Å². The number of aliphatic carboxylic acids is 4. The van der Waals surface area contributed by atoms with E-state index < -0.39 is 23.9 Å². The Labute approximate surface area is 312 Å². The van der Waals surface area contributed by atoms with Crippen molar-refractivity contribution in [1.82, 2.24) is 0 Å². The maximum Gasteiger partial charge on any atom is 1.00 e. The summed E-state index contributed by atoms with van der Waals surface area (Å²) < 4.78 is 0. The van der Waals surface area contributed by atoms with Crippen LogP contribution in [0.25, 0.3) is 0 Å². The summed E-state index contributed by atoms with van der Waals surface area (Å²) in [5, 5.41) is 35.6. The average Bonchev–Trinajstić information content (AvgIpc) is 2.13. The minimum absolute atomic E-state index is 0. The molecule has 0 saturated carbocycles. The van der Waals surface area contributed by atoms with Gasteiger partial charge in [0.15, 0.2) is 0 Å². The number of carbonyl (C=O) groups is 4. The van der Waals surface area contributed by atoms with E-state index in [1.54, 1.807) is 0 Å². The van der Waals surface area contributed by atoms with Gasteiger partial charge in [-0.15, -0.1) is 0 Å². The van der Waals surface area contributed by atoms with Gasteiger partial charge in [0, 0.05) is 37.0 Å². The molecule has 0 fully saturated rings. The quantitative estimate of drug-likeness (QED) is 0.358. The Morgan fingerprint density at radius 3 is 0.583 bits per heavy atom. The fraction of sp³-hybridized carbons (Fsp3) is 0.600. The van der Waals surface area contributed by atoms with Crippen molar-refractivity contribution < 1.29 is 245 Å². The molecule has 24 heavy (non-hydrogen) atoms. The fourth-order valence-electron chi connectivity index (χ4n) is 0. The van der Waals surface area contributed by atoms with E-state index in [4.69, 9.17) is 51.1 Å². The second kappa shape index (κ2) is 56.4. The van der Waals surface area contributed by atoms with Gasteiger partial charge in [0.2, 0.25) is 0 Å². The largest absolute Gasteiger partial charge is 1.00 e. The molecule has 0 aromatic rings. The van der Waals surface area contributed by atoms with Crippen molar-refractivity contribution in [3.8, 4) is 0 Å². The van der Waals surface area contributed by atoms with E-state index in [9.17, 15) is 0 Å². The summed E-state index contributed by atoms with van der Waals surface area (Å²) in [5.74, 6) is -4.33. The Kier molecular flexibility index (Phi) is 133. The van der Waals surface area contributed by atoms with Crippen LogP contribution in [0.4, 0.5) is 0 Å². The third kappa shape index (κ3) is 592. The summed E-state index contributed by atoms with van der Waals surface area (Å²) >= 11 is 0. The molecular formula is C10H20K4N2O8. The van der Waals surface area contributed by atoms with Crippen molar-refractivity contribution in [3.63, 3.8) is 0 Å². The number of hydrogen-bond donors (Lipinski definition) is 2. The monoisotopic (exact) mass is 452 g/mol. The van der Waals surface area contributed by atoms with E-state index >= 15 is 0 Å². The van der Waals surface area contributed by atoms with Crippen LogP contribution in [-0.2, 0) is 19.2 Å². The summed E-state index contributed by atoms with van der Waals surface area (Å²) in [6.07, 6.45) is 0. The molecule has 0 heterocycles. The second-order valence-corrected chi connectivity index (χ2v) is 2.54. The topological polar surface area (TPSA) is 213 Å². The van der Waals surface area contributed by atoms with Crippen LogP contribution in [-0.4, -0.2) is 37.0 Å². The molecule has 0 saturated heterocycles. The fourth-order valence-corrected chi connectivity index (χ4v) is 0. The Morgan fingerprint density at radius 1 is 0.542 bits per heavy atom. The van der Waals surface area contributed by atoms with E-state index in [0.29, 0.717) is 13.1 Å². The van der Waals surface area contributed by atoms with E-state index in [1.807, 2.05) is 0 Å². The molecule has 4 N–H and O–H groups in total. The Balaban J connectivity index is -0.0000000161. The van der Waals surface area contributed by atoms with Gasteiger partial charge in [0.1, 0.15) is 0 Å². The standard InChI is InChI=1S/C2H8N2.4C2H4O2.4K/c3-1-2-4;4*1-2(3)4;;;;/h1-4H2;4*1H3,(H,3,4);;;;/q;;;;;4*+1/p-4. The Hall–Kier alpha value is 4.35. The summed E-state index contributed by atoms with van der Waals surface area (Å²) in [7, 11) is 0. The SMILES string of the molecule is CC(=O)[O-].CC(=O)[O-].CC(=O)[O-].CC(=O)[O-].NCCN.[K+].[K+].[K+].[K+]. The van der Waals surface area contributed by atoms with Crippen molar-refractivity contribution in [2.24, 2.45) is 11.5 Å². The molecule has 0 spiro atoms. The van der Waals surface area contributed by atoms with Crippen molar-refractivity contribution in [3.05, 3.63) is 0 Å². The first-order valence-corrected chi connectivity index (χ1v) is 4.95.